The topological polar surface area (TPSA) is 49.9 Å². The van der Waals surface area contributed by atoms with Crippen molar-refractivity contribution in [1.29, 1.82) is 0 Å². The van der Waals surface area contributed by atoms with Crippen LogP contribution in [0.4, 0.5) is 4.79 Å². The van der Waals surface area contributed by atoms with E-state index >= 15 is 0 Å². The third-order valence-electron chi connectivity index (χ3n) is 3.31. The van der Waals surface area contributed by atoms with Crippen LogP contribution in [0.1, 0.15) is 26.2 Å². The summed E-state index contributed by atoms with van der Waals surface area (Å²) in [6.07, 6.45) is 2.90. The van der Waals surface area contributed by atoms with Crippen molar-refractivity contribution < 1.29 is 14.3 Å². The van der Waals surface area contributed by atoms with E-state index in [1.54, 1.807) is 7.05 Å². The molecule has 1 aliphatic heterocycles. The summed E-state index contributed by atoms with van der Waals surface area (Å²) in [6.45, 7) is 3.89. The summed E-state index contributed by atoms with van der Waals surface area (Å²) < 4.78 is 4.56. The van der Waals surface area contributed by atoms with Crippen molar-refractivity contribution in [2.24, 2.45) is 5.92 Å². The maximum absolute atomic E-state index is 12.0. The maximum atomic E-state index is 12.0. The van der Waals surface area contributed by atoms with Gasteiger partial charge >= 0.3 is 6.09 Å². The molecule has 1 rings (SSSR count). The van der Waals surface area contributed by atoms with E-state index in [0.717, 1.165) is 25.9 Å². The minimum atomic E-state index is -0.470. The molecule has 1 fully saturated rings. The van der Waals surface area contributed by atoms with Crippen LogP contribution in [0, 0.1) is 5.92 Å². The van der Waals surface area contributed by atoms with E-state index < -0.39 is 6.09 Å². The number of methoxy groups -OCH3 is 1. The minimum Gasteiger partial charge on any atom is -0.453 e. The average Bonchev–Trinajstić information content (AvgIpc) is 2.37. The van der Waals surface area contributed by atoms with Crippen LogP contribution in [-0.2, 0) is 9.53 Å². The Bertz CT molecular complexity index is 281. The highest BCUT2D eigenvalue weighted by Crippen LogP contribution is 2.19. The predicted octanol–water partition coefficient (Wildman–Crippen LogP) is 1.33. The lowest BCUT2D eigenvalue weighted by Gasteiger charge is -2.33. The van der Waals surface area contributed by atoms with E-state index in [9.17, 15) is 9.59 Å². The van der Waals surface area contributed by atoms with Gasteiger partial charge in [0.25, 0.3) is 0 Å². The molecular formula is C12H22N2O3. The van der Waals surface area contributed by atoms with Crippen LogP contribution in [-0.4, -0.2) is 55.6 Å². The standard InChI is InChI=1S/C12H22N2O3/c1-4-10-6-5-7-14(8-10)11(15)9-13(2)12(16)17-3/h10H,4-9H2,1-3H3/t10-/m0/s1. The van der Waals surface area contributed by atoms with Gasteiger partial charge in [-0.05, 0) is 18.8 Å². The van der Waals surface area contributed by atoms with Crippen molar-refractivity contribution in [3.63, 3.8) is 0 Å². The SMILES string of the molecule is CC[C@H]1CCCN(C(=O)CN(C)C(=O)OC)C1. The summed E-state index contributed by atoms with van der Waals surface area (Å²) >= 11 is 0. The molecule has 0 aromatic carbocycles. The number of amides is 2. The Hall–Kier alpha value is -1.26. The van der Waals surface area contributed by atoms with E-state index in [0.29, 0.717) is 5.92 Å². The maximum Gasteiger partial charge on any atom is 0.409 e. The van der Waals surface area contributed by atoms with Crippen molar-refractivity contribution in [1.82, 2.24) is 9.80 Å². The zero-order valence-electron chi connectivity index (χ0n) is 10.9. The van der Waals surface area contributed by atoms with Crippen LogP contribution < -0.4 is 0 Å². The Morgan fingerprint density at radius 3 is 2.76 bits per heavy atom. The Balaban J connectivity index is 2.44. The zero-order chi connectivity index (χ0) is 12.8. The summed E-state index contributed by atoms with van der Waals surface area (Å²) in [5.74, 6) is 0.618. The van der Waals surface area contributed by atoms with Gasteiger partial charge in [-0.25, -0.2) is 4.79 Å². The Morgan fingerprint density at radius 1 is 1.47 bits per heavy atom. The smallest absolute Gasteiger partial charge is 0.409 e. The Morgan fingerprint density at radius 2 is 2.18 bits per heavy atom. The third-order valence-corrected chi connectivity index (χ3v) is 3.31. The highest BCUT2D eigenvalue weighted by atomic mass is 16.5. The molecule has 0 aromatic rings. The summed E-state index contributed by atoms with van der Waals surface area (Å²) in [5.41, 5.74) is 0. The highest BCUT2D eigenvalue weighted by Gasteiger charge is 2.24. The van der Waals surface area contributed by atoms with E-state index in [1.165, 1.54) is 18.4 Å². The molecule has 0 unspecified atom stereocenters. The molecule has 1 saturated heterocycles. The predicted molar refractivity (Wildman–Crippen MR) is 64.6 cm³/mol. The molecule has 0 radical (unpaired) electrons. The van der Waals surface area contributed by atoms with Crippen LogP contribution in [0.2, 0.25) is 0 Å². The molecule has 0 bridgehead atoms. The summed E-state index contributed by atoms with van der Waals surface area (Å²) in [4.78, 5) is 26.3. The largest absolute Gasteiger partial charge is 0.453 e. The van der Waals surface area contributed by atoms with E-state index in [4.69, 9.17) is 0 Å². The first-order valence-electron chi connectivity index (χ1n) is 6.15. The van der Waals surface area contributed by atoms with Crippen LogP contribution in [0.3, 0.4) is 0 Å². The van der Waals surface area contributed by atoms with Crippen molar-refractivity contribution in [2.45, 2.75) is 26.2 Å². The molecule has 5 heteroatoms. The number of rotatable bonds is 3. The summed E-state index contributed by atoms with van der Waals surface area (Å²) in [7, 11) is 2.89. The summed E-state index contributed by atoms with van der Waals surface area (Å²) in [5, 5.41) is 0. The van der Waals surface area contributed by atoms with Gasteiger partial charge in [0, 0.05) is 20.1 Å². The number of ether oxygens (including phenoxy) is 1. The second-order valence-electron chi connectivity index (χ2n) is 4.58. The number of hydrogen-bond donors (Lipinski definition) is 0. The Labute approximate surface area is 103 Å². The van der Waals surface area contributed by atoms with Crippen LogP contribution >= 0.6 is 0 Å². The third kappa shape index (κ3) is 3.91. The van der Waals surface area contributed by atoms with Crippen LogP contribution in [0.5, 0.6) is 0 Å². The lowest BCUT2D eigenvalue weighted by molar-refractivity contribution is -0.133. The lowest BCUT2D eigenvalue weighted by atomic mass is 9.95. The molecule has 2 amide bonds. The fourth-order valence-corrected chi connectivity index (χ4v) is 2.15. The van der Waals surface area contributed by atoms with Crippen molar-refractivity contribution >= 4 is 12.0 Å². The molecule has 0 aliphatic carbocycles. The van der Waals surface area contributed by atoms with Gasteiger partial charge < -0.3 is 14.5 Å². The van der Waals surface area contributed by atoms with Crippen molar-refractivity contribution in [3.05, 3.63) is 0 Å². The molecule has 5 nitrogen and oxygen atoms in total. The molecule has 0 spiro atoms. The Kier molecular flexibility index (Phi) is 5.25. The van der Waals surface area contributed by atoms with E-state index in [1.807, 2.05) is 4.90 Å². The number of hydrogen-bond acceptors (Lipinski definition) is 3. The fourth-order valence-electron chi connectivity index (χ4n) is 2.15. The molecular weight excluding hydrogens is 220 g/mol. The summed E-state index contributed by atoms with van der Waals surface area (Å²) in [6, 6.07) is 0. The average molecular weight is 242 g/mol. The molecule has 0 N–H and O–H groups in total. The first kappa shape index (κ1) is 13.8. The number of piperidine rings is 1. The molecule has 98 valence electrons. The van der Waals surface area contributed by atoms with E-state index in [2.05, 4.69) is 11.7 Å². The molecule has 1 atom stereocenters. The van der Waals surface area contributed by atoms with Gasteiger partial charge in [0.1, 0.15) is 6.54 Å². The molecule has 1 aliphatic rings. The minimum absolute atomic E-state index is 0.0102. The monoisotopic (exact) mass is 242 g/mol. The normalized spacial score (nSPS) is 19.9. The van der Waals surface area contributed by atoms with Gasteiger partial charge in [0.05, 0.1) is 7.11 Å². The molecule has 0 saturated carbocycles. The van der Waals surface area contributed by atoms with E-state index in [-0.39, 0.29) is 12.5 Å². The van der Waals surface area contributed by atoms with Gasteiger partial charge in [-0.15, -0.1) is 0 Å². The zero-order valence-corrected chi connectivity index (χ0v) is 10.9. The quantitative estimate of drug-likeness (QED) is 0.750. The van der Waals surface area contributed by atoms with Crippen molar-refractivity contribution in [3.8, 4) is 0 Å². The van der Waals surface area contributed by atoms with Gasteiger partial charge in [-0.2, -0.15) is 0 Å². The van der Waals surface area contributed by atoms with Crippen molar-refractivity contribution in [2.75, 3.05) is 33.8 Å². The first-order valence-corrected chi connectivity index (χ1v) is 6.15. The highest BCUT2D eigenvalue weighted by molar-refractivity contribution is 5.82. The van der Waals surface area contributed by atoms with Gasteiger partial charge in [0.2, 0.25) is 5.91 Å². The molecule has 1 heterocycles. The van der Waals surface area contributed by atoms with Gasteiger partial charge in [-0.3, -0.25) is 4.79 Å². The number of likely N-dealkylation sites (N-methyl/N-ethyl adjacent to an activating group) is 1. The number of carbonyl (C=O) groups excluding carboxylic acids is 2. The fraction of sp³-hybridized carbons (Fsp3) is 0.833. The van der Waals surface area contributed by atoms with Gasteiger partial charge in [-0.1, -0.05) is 13.3 Å². The number of nitrogens with zero attached hydrogens (tertiary/aromatic N) is 2. The molecule has 0 aromatic heterocycles. The molecule has 17 heavy (non-hydrogen) atoms. The second-order valence-corrected chi connectivity index (χ2v) is 4.58. The van der Waals surface area contributed by atoms with Crippen LogP contribution in [0.15, 0.2) is 0 Å². The lowest BCUT2D eigenvalue weighted by Crippen LogP contribution is -2.45. The second kappa shape index (κ2) is 6.47. The van der Waals surface area contributed by atoms with Crippen LogP contribution in [0.25, 0.3) is 0 Å². The van der Waals surface area contributed by atoms with Gasteiger partial charge in [0.15, 0.2) is 0 Å². The first-order chi connectivity index (χ1) is 8.08. The number of carbonyl (C=O) groups is 2. The number of likely N-dealkylation sites (tertiary alicyclic amines) is 1.